The quantitative estimate of drug-likeness (QED) is 0.768. The Bertz CT molecular complexity index is 439. The zero-order chi connectivity index (χ0) is 10.7. The first-order valence-corrected chi connectivity index (χ1v) is 6.40. The third-order valence-corrected chi connectivity index (χ3v) is 3.20. The average Bonchev–Trinajstić information content (AvgIpc) is 2.65. The Balaban J connectivity index is 2.11. The highest BCUT2D eigenvalue weighted by Crippen LogP contribution is 2.25. The second-order valence-corrected chi connectivity index (χ2v) is 4.48. The number of hydrogen-bond acceptors (Lipinski definition) is 5. The summed E-state index contributed by atoms with van der Waals surface area (Å²) in [5, 5.41) is 0.587. The van der Waals surface area contributed by atoms with Crippen molar-refractivity contribution in [2.75, 3.05) is 6.26 Å². The molecule has 3 nitrogen and oxygen atoms in total. The monoisotopic (exact) mass is 238 g/mol. The first-order valence-electron chi connectivity index (χ1n) is 4.40. The van der Waals surface area contributed by atoms with Crippen LogP contribution in [0.3, 0.4) is 0 Å². The zero-order valence-electron chi connectivity index (χ0n) is 8.43. The van der Waals surface area contributed by atoms with Crippen LogP contribution in [0, 0.1) is 6.92 Å². The van der Waals surface area contributed by atoms with Crippen LogP contribution in [-0.2, 0) is 0 Å². The smallest absolute Gasteiger partial charge is 0.298 e. The highest BCUT2D eigenvalue weighted by molar-refractivity contribution is 7.98. The number of aromatic nitrogens is 2. The molecule has 0 amide bonds. The van der Waals surface area contributed by atoms with E-state index in [0.717, 1.165) is 11.6 Å². The van der Waals surface area contributed by atoms with Crippen molar-refractivity contribution in [1.82, 2.24) is 9.36 Å². The summed E-state index contributed by atoms with van der Waals surface area (Å²) in [5.41, 5.74) is 0. The van der Waals surface area contributed by atoms with E-state index in [1.165, 1.54) is 16.4 Å². The zero-order valence-corrected chi connectivity index (χ0v) is 10.1. The van der Waals surface area contributed by atoms with Gasteiger partial charge in [-0.05, 0) is 37.4 Å². The number of aryl methyl sites for hydroxylation is 1. The van der Waals surface area contributed by atoms with Crippen LogP contribution in [0.2, 0.25) is 0 Å². The van der Waals surface area contributed by atoms with Gasteiger partial charge in [0.15, 0.2) is 0 Å². The number of thioether (sulfide) groups is 1. The van der Waals surface area contributed by atoms with Gasteiger partial charge < -0.3 is 4.74 Å². The minimum atomic E-state index is 0.587. The van der Waals surface area contributed by atoms with Crippen LogP contribution in [-0.4, -0.2) is 15.6 Å². The molecule has 0 bridgehead atoms. The van der Waals surface area contributed by atoms with Crippen molar-refractivity contribution in [1.29, 1.82) is 0 Å². The molecule has 0 saturated carbocycles. The molecule has 1 aromatic heterocycles. The molecule has 5 heteroatoms. The van der Waals surface area contributed by atoms with Crippen LogP contribution in [0.1, 0.15) is 5.82 Å². The van der Waals surface area contributed by atoms with Gasteiger partial charge in [0.25, 0.3) is 5.19 Å². The largest absolute Gasteiger partial charge is 0.430 e. The summed E-state index contributed by atoms with van der Waals surface area (Å²) >= 11 is 2.97. The van der Waals surface area contributed by atoms with E-state index in [0.29, 0.717) is 5.19 Å². The molecule has 15 heavy (non-hydrogen) atoms. The number of nitrogens with zero attached hydrogens (tertiary/aromatic N) is 2. The third kappa shape index (κ3) is 2.70. The Kier molecular flexibility index (Phi) is 3.23. The van der Waals surface area contributed by atoms with Gasteiger partial charge >= 0.3 is 0 Å². The minimum Gasteiger partial charge on any atom is -0.430 e. The normalized spacial score (nSPS) is 10.3. The van der Waals surface area contributed by atoms with Crippen LogP contribution < -0.4 is 4.74 Å². The van der Waals surface area contributed by atoms with Crippen molar-refractivity contribution in [2.45, 2.75) is 11.8 Å². The highest BCUT2D eigenvalue weighted by Gasteiger charge is 2.02. The fourth-order valence-corrected chi connectivity index (χ4v) is 2.03. The van der Waals surface area contributed by atoms with Gasteiger partial charge in [0, 0.05) is 16.4 Å². The first-order chi connectivity index (χ1) is 7.28. The Morgan fingerprint density at radius 3 is 2.53 bits per heavy atom. The minimum absolute atomic E-state index is 0.587. The molecule has 0 spiro atoms. The van der Waals surface area contributed by atoms with E-state index in [-0.39, 0.29) is 0 Å². The Morgan fingerprint density at radius 1 is 1.27 bits per heavy atom. The lowest BCUT2D eigenvalue weighted by atomic mass is 10.3. The van der Waals surface area contributed by atoms with E-state index in [2.05, 4.69) is 9.36 Å². The van der Waals surface area contributed by atoms with E-state index in [9.17, 15) is 0 Å². The number of rotatable bonds is 3. The highest BCUT2D eigenvalue weighted by atomic mass is 32.2. The fourth-order valence-electron chi connectivity index (χ4n) is 1.06. The molecule has 78 valence electrons. The molecule has 0 aliphatic heterocycles. The van der Waals surface area contributed by atoms with Gasteiger partial charge in [-0.15, -0.1) is 11.8 Å². The summed E-state index contributed by atoms with van der Waals surface area (Å²) in [6.45, 7) is 1.85. The molecule has 1 heterocycles. The van der Waals surface area contributed by atoms with Crippen molar-refractivity contribution >= 4 is 23.3 Å². The lowest BCUT2D eigenvalue weighted by molar-refractivity contribution is 0.477. The van der Waals surface area contributed by atoms with E-state index in [1.807, 2.05) is 37.4 Å². The maximum Gasteiger partial charge on any atom is 0.298 e. The molecule has 0 aliphatic carbocycles. The lowest BCUT2D eigenvalue weighted by Crippen LogP contribution is -1.83. The van der Waals surface area contributed by atoms with Crippen LogP contribution in [0.15, 0.2) is 29.2 Å². The van der Waals surface area contributed by atoms with Gasteiger partial charge in [-0.1, -0.05) is 0 Å². The molecule has 0 radical (unpaired) electrons. The maximum absolute atomic E-state index is 5.53. The fraction of sp³-hybridized carbons (Fsp3) is 0.200. The molecule has 0 saturated heterocycles. The topological polar surface area (TPSA) is 35.0 Å². The third-order valence-electron chi connectivity index (χ3n) is 1.77. The molecule has 2 aromatic rings. The molecular weight excluding hydrogens is 228 g/mol. The molecule has 0 N–H and O–H groups in total. The van der Waals surface area contributed by atoms with Gasteiger partial charge in [-0.25, -0.2) is 0 Å². The Labute approximate surface area is 96.7 Å². The molecular formula is C10H10N2OS2. The van der Waals surface area contributed by atoms with Crippen molar-refractivity contribution in [3.8, 4) is 10.9 Å². The summed E-state index contributed by atoms with van der Waals surface area (Å²) in [7, 11) is 0. The summed E-state index contributed by atoms with van der Waals surface area (Å²) in [6, 6.07) is 7.91. The van der Waals surface area contributed by atoms with E-state index >= 15 is 0 Å². The summed E-state index contributed by atoms with van der Waals surface area (Å²) in [5.74, 6) is 1.54. The second kappa shape index (κ2) is 4.63. The van der Waals surface area contributed by atoms with E-state index in [1.54, 1.807) is 11.8 Å². The van der Waals surface area contributed by atoms with Crippen molar-refractivity contribution in [3.05, 3.63) is 30.1 Å². The van der Waals surface area contributed by atoms with Crippen LogP contribution in [0.4, 0.5) is 0 Å². The Morgan fingerprint density at radius 2 is 2.00 bits per heavy atom. The lowest BCUT2D eigenvalue weighted by Gasteiger charge is -2.01. The van der Waals surface area contributed by atoms with Crippen molar-refractivity contribution in [3.63, 3.8) is 0 Å². The van der Waals surface area contributed by atoms with E-state index in [4.69, 9.17) is 4.74 Å². The van der Waals surface area contributed by atoms with Gasteiger partial charge in [-0.2, -0.15) is 9.36 Å². The predicted molar refractivity (Wildman–Crippen MR) is 62.9 cm³/mol. The first kappa shape index (κ1) is 10.4. The predicted octanol–water partition coefficient (Wildman–Crippen LogP) is 3.36. The van der Waals surface area contributed by atoms with Crippen LogP contribution in [0.25, 0.3) is 0 Å². The molecule has 2 rings (SSSR count). The van der Waals surface area contributed by atoms with Gasteiger partial charge in [0.05, 0.1) is 0 Å². The van der Waals surface area contributed by atoms with Crippen LogP contribution in [0.5, 0.6) is 10.9 Å². The van der Waals surface area contributed by atoms with Gasteiger partial charge in [0.2, 0.25) is 0 Å². The summed E-state index contributed by atoms with van der Waals surface area (Å²) in [6.07, 6.45) is 2.05. The molecule has 0 atom stereocenters. The molecule has 1 aromatic carbocycles. The van der Waals surface area contributed by atoms with Crippen LogP contribution >= 0.6 is 23.3 Å². The SMILES string of the molecule is CSc1ccc(Oc2nc(C)ns2)cc1. The van der Waals surface area contributed by atoms with E-state index < -0.39 is 0 Å². The van der Waals surface area contributed by atoms with Crippen molar-refractivity contribution < 1.29 is 4.74 Å². The maximum atomic E-state index is 5.53. The number of benzene rings is 1. The molecule has 0 aliphatic rings. The summed E-state index contributed by atoms with van der Waals surface area (Å²) < 4.78 is 9.58. The average molecular weight is 238 g/mol. The van der Waals surface area contributed by atoms with Gasteiger partial charge in [-0.3, -0.25) is 0 Å². The second-order valence-electron chi connectivity index (χ2n) is 2.89. The number of ether oxygens (including phenoxy) is 1. The molecule has 0 unspecified atom stereocenters. The van der Waals surface area contributed by atoms with Crippen molar-refractivity contribution in [2.24, 2.45) is 0 Å². The summed E-state index contributed by atoms with van der Waals surface area (Å²) in [4.78, 5) is 5.35. The van der Waals surface area contributed by atoms with Gasteiger partial charge in [0.1, 0.15) is 11.6 Å². The standard InChI is InChI=1S/C10H10N2OS2/c1-7-11-10(15-12-7)13-8-3-5-9(14-2)6-4-8/h3-6H,1-2H3. The molecule has 0 fully saturated rings. The number of hydrogen-bond donors (Lipinski definition) is 0. The Hall–Kier alpha value is -1.07.